The SMILES string of the molecule is CCCOC(=O)c1ccc(NCC(=O)Nc2ccc(S(=O)(=O)N3C[C@@H](C)O[C@@H](C)C3)cc2)cc1. The molecule has 0 bridgehead atoms. The van der Waals surface area contributed by atoms with E-state index in [1.807, 2.05) is 20.8 Å². The molecule has 2 aromatic rings. The van der Waals surface area contributed by atoms with E-state index < -0.39 is 10.0 Å². The highest BCUT2D eigenvalue weighted by atomic mass is 32.2. The topological polar surface area (TPSA) is 114 Å². The molecule has 1 heterocycles. The first-order valence-electron chi connectivity index (χ1n) is 11.3. The van der Waals surface area contributed by atoms with Gasteiger partial charge in [0, 0.05) is 24.5 Å². The number of benzene rings is 2. The smallest absolute Gasteiger partial charge is 0.338 e. The van der Waals surface area contributed by atoms with Crippen LogP contribution >= 0.6 is 0 Å². The van der Waals surface area contributed by atoms with Crippen LogP contribution in [0.25, 0.3) is 0 Å². The Labute approximate surface area is 200 Å². The second kappa shape index (κ2) is 11.5. The number of carbonyl (C=O) groups is 2. The molecule has 1 aliphatic heterocycles. The fourth-order valence-electron chi connectivity index (χ4n) is 3.58. The zero-order chi connectivity index (χ0) is 24.7. The van der Waals surface area contributed by atoms with Gasteiger partial charge in [-0.15, -0.1) is 0 Å². The maximum atomic E-state index is 12.9. The van der Waals surface area contributed by atoms with Crippen LogP contribution in [0.4, 0.5) is 11.4 Å². The van der Waals surface area contributed by atoms with Crippen molar-refractivity contribution in [3.05, 3.63) is 54.1 Å². The maximum Gasteiger partial charge on any atom is 0.338 e. The normalized spacial score (nSPS) is 18.8. The first kappa shape index (κ1) is 25.7. The van der Waals surface area contributed by atoms with Crippen molar-refractivity contribution in [3.8, 4) is 0 Å². The van der Waals surface area contributed by atoms with Crippen LogP contribution in [-0.2, 0) is 24.3 Å². The predicted molar refractivity (Wildman–Crippen MR) is 129 cm³/mol. The molecule has 0 aliphatic carbocycles. The summed E-state index contributed by atoms with van der Waals surface area (Å²) in [6.45, 7) is 6.60. The third-order valence-corrected chi connectivity index (χ3v) is 7.02. The molecule has 2 aromatic carbocycles. The van der Waals surface area contributed by atoms with Gasteiger partial charge in [0.2, 0.25) is 15.9 Å². The molecule has 1 amide bonds. The van der Waals surface area contributed by atoms with Gasteiger partial charge in [-0.2, -0.15) is 4.31 Å². The summed E-state index contributed by atoms with van der Waals surface area (Å²) in [6.07, 6.45) is 0.414. The minimum Gasteiger partial charge on any atom is -0.462 e. The molecule has 0 spiro atoms. The Morgan fingerprint density at radius 1 is 1.00 bits per heavy atom. The molecule has 10 heteroatoms. The third-order valence-electron chi connectivity index (χ3n) is 5.17. The quantitative estimate of drug-likeness (QED) is 0.520. The van der Waals surface area contributed by atoms with E-state index >= 15 is 0 Å². The lowest BCUT2D eigenvalue weighted by Gasteiger charge is -2.34. The fraction of sp³-hybridized carbons (Fsp3) is 0.417. The molecular weight excluding hydrogens is 458 g/mol. The van der Waals surface area contributed by atoms with Crippen molar-refractivity contribution in [3.63, 3.8) is 0 Å². The number of hydrogen-bond acceptors (Lipinski definition) is 7. The van der Waals surface area contributed by atoms with Crippen molar-refractivity contribution in [1.82, 2.24) is 4.31 Å². The lowest BCUT2D eigenvalue weighted by molar-refractivity contribution is -0.114. The Bertz CT molecular complexity index is 1080. The Kier molecular flexibility index (Phi) is 8.65. The number of nitrogens with one attached hydrogen (secondary N) is 2. The van der Waals surface area contributed by atoms with Gasteiger partial charge in [-0.1, -0.05) is 6.92 Å². The summed E-state index contributed by atoms with van der Waals surface area (Å²) in [6, 6.07) is 12.8. The first-order valence-corrected chi connectivity index (χ1v) is 12.7. The zero-order valence-corrected chi connectivity index (χ0v) is 20.4. The summed E-state index contributed by atoms with van der Waals surface area (Å²) in [7, 11) is -3.64. The molecule has 0 aromatic heterocycles. The number of carbonyl (C=O) groups excluding carboxylic acids is 2. The van der Waals surface area contributed by atoms with E-state index in [0.717, 1.165) is 6.42 Å². The van der Waals surface area contributed by atoms with Gasteiger partial charge in [0.25, 0.3) is 0 Å². The largest absolute Gasteiger partial charge is 0.462 e. The van der Waals surface area contributed by atoms with Crippen molar-refractivity contribution < 1.29 is 27.5 Å². The van der Waals surface area contributed by atoms with Crippen LogP contribution in [0.1, 0.15) is 37.6 Å². The Balaban J connectivity index is 1.52. The summed E-state index contributed by atoms with van der Waals surface area (Å²) in [5, 5.41) is 5.72. The van der Waals surface area contributed by atoms with Crippen LogP contribution in [0.15, 0.2) is 53.4 Å². The van der Waals surface area contributed by atoms with Gasteiger partial charge in [-0.3, -0.25) is 4.79 Å². The fourth-order valence-corrected chi connectivity index (χ4v) is 5.17. The minimum absolute atomic E-state index is 0.00321. The van der Waals surface area contributed by atoms with Crippen molar-refractivity contribution in [2.24, 2.45) is 0 Å². The number of anilines is 2. The van der Waals surface area contributed by atoms with Gasteiger partial charge in [-0.05, 0) is 68.8 Å². The number of nitrogens with zero attached hydrogens (tertiary/aromatic N) is 1. The number of ether oxygens (including phenoxy) is 2. The van der Waals surface area contributed by atoms with E-state index in [4.69, 9.17) is 9.47 Å². The number of sulfonamides is 1. The average Bonchev–Trinajstić information content (AvgIpc) is 2.81. The molecule has 2 atom stereocenters. The predicted octanol–water partition coefficient (Wildman–Crippen LogP) is 3.10. The molecule has 1 fully saturated rings. The van der Waals surface area contributed by atoms with Gasteiger partial charge in [0.15, 0.2) is 0 Å². The average molecular weight is 490 g/mol. The van der Waals surface area contributed by atoms with Crippen LogP contribution < -0.4 is 10.6 Å². The van der Waals surface area contributed by atoms with E-state index in [1.54, 1.807) is 36.4 Å². The van der Waals surface area contributed by atoms with Gasteiger partial charge >= 0.3 is 5.97 Å². The monoisotopic (exact) mass is 489 g/mol. The van der Waals surface area contributed by atoms with Gasteiger partial charge in [0.1, 0.15) is 0 Å². The molecule has 0 saturated carbocycles. The molecule has 0 unspecified atom stereocenters. The molecule has 3 rings (SSSR count). The number of hydrogen-bond donors (Lipinski definition) is 2. The van der Waals surface area contributed by atoms with Crippen molar-refractivity contribution in [1.29, 1.82) is 0 Å². The van der Waals surface area contributed by atoms with Gasteiger partial charge < -0.3 is 20.1 Å². The van der Waals surface area contributed by atoms with Crippen LogP contribution in [0.3, 0.4) is 0 Å². The Hall–Kier alpha value is -2.95. The van der Waals surface area contributed by atoms with Crippen LogP contribution in [-0.4, -0.2) is 63.0 Å². The van der Waals surface area contributed by atoms with E-state index in [9.17, 15) is 18.0 Å². The third kappa shape index (κ3) is 6.78. The van der Waals surface area contributed by atoms with Gasteiger partial charge in [0.05, 0.1) is 35.8 Å². The van der Waals surface area contributed by atoms with Crippen molar-refractivity contribution in [2.75, 3.05) is 36.9 Å². The Morgan fingerprint density at radius 3 is 2.18 bits per heavy atom. The molecular formula is C24H31N3O6S. The van der Waals surface area contributed by atoms with Crippen LogP contribution in [0.5, 0.6) is 0 Å². The summed E-state index contributed by atoms with van der Waals surface area (Å²) >= 11 is 0. The first-order chi connectivity index (χ1) is 16.2. The van der Waals surface area contributed by atoms with E-state index in [0.29, 0.717) is 36.6 Å². The molecule has 1 saturated heterocycles. The molecule has 9 nitrogen and oxygen atoms in total. The standard InChI is InChI=1S/C24H31N3O6S/c1-4-13-32-24(29)19-5-7-20(8-6-19)25-14-23(28)26-21-9-11-22(12-10-21)34(30,31)27-15-17(2)33-18(3)16-27/h5-12,17-18,25H,4,13-16H2,1-3H3,(H,26,28)/t17-,18+. The van der Waals surface area contributed by atoms with Crippen LogP contribution in [0, 0.1) is 0 Å². The summed E-state index contributed by atoms with van der Waals surface area (Å²) in [5.74, 6) is -0.674. The minimum atomic E-state index is -3.64. The Morgan fingerprint density at radius 2 is 1.59 bits per heavy atom. The van der Waals surface area contributed by atoms with E-state index in [-0.39, 0.29) is 35.5 Å². The zero-order valence-electron chi connectivity index (χ0n) is 19.6. The summed E-state index contributed by atoms with van der Waals surface area (Å²) in [5.41, 5.74) is 1.61. The van der Waals surface area contributed by atoms with Crippen LogP contribution in [0.2, 0.25) is 0 Å². The van der Waals surface area contributed by atoms with Gasteiger partial charge in [-0.25, -0.2) is 13.2 Å². The summed E-state index contributed by atoms with van der Waals surface area (Å²) < 4.78 is 38.0. The maximum absolute atomic E-state index is 12.9. The lowest BCUT2D eigenvalue weighted by atomic mass is 10.2. The highest BCUT2D eigenvalue weighted by molar-refractivity contribution is 7.89. The molecule has 2 N–H and O–H groups in total. The summed E-state index contributed by atoms with van der Waals surface area (Å²) in [4.78, 5) is 24.3. The van der Waals surface area contributed by atoms with E-state index in [1.165, 1.54) is 16.4 Å². The second-order valence-electron chi connectivity index (χ2n) is 8.22. The number of amides is 1. The molecule has 34 heavy (non-hydrogen) atoms. The number of morpholine rings is 1. The number of rotatable bonds is 9. The molecule has 184 valence electrons. The highest BCUT2D eigenvalue weighted by Crippen LogP contribution is 2.22. The lowest BCUT2D eigenvalue weighted by Crippen LogP contribution is -2.48. The molecule has 1 aliphatic rings. The van der Waals surface area contributed by atoms with E-state index in [2.05, 4.69) is 10.6 Å². The number of esters is 1. The highest BCUT2D eigenvalue weighted by Gasteiger charge is 2.32. The van der Waals surface area contributed by atoms with Crippen molar-refractivity contribution in [2.45, 2.75) is 44.3 Å². The van der Waals surface area contributed by atoms with Crippen molar-refractivity contribution >= 4 is 33.3 Å². The molecule has 0 radical (unpaired) electrons. The second-order valence-corrected chi connectivity index (χ2v) is 10.2.